The maximum Gasteiger partial charge on any atom is 0.417 e. The van der Waals surface area contributed by atoms with E-state index >= 15 is 0 Å². The lowest BCUT2D eigenvalue weighted by atomic mass is 10.0. The van der Waals surface area contributed by atoms with Crippen LogP contribution in [0.1, 0.15) is 17.2 Å². The number of aliphatic hydroxyl groups is 2. The zero-order valence-corrected chi connectivity index (χ0v) is 10.3. The summed E-state index contributed by atoms with van der Waals surface area (Å²) < 4.78 is 37.8. The van der Waals surface area contributed by atoms with Gasteiger partial charge in [-0.15, -0.1) is 0 Å². The Balaban J connectivity index is 3.05. The highest BCUT2D eigenvalue weighted by Gasteiger charge is 2.34. The Morgan fingerprint density at radius 1 is 1.33 bits per heavy atom. The summed E-state index contributed by atoms with van der Waals surface area (Å²) in [5.41, 5.74) is -1.06. The van der Waals surface area contributed by atoms with Crippen LogP contribution in [0, 0.1) is 0 Å². The molecule has 2 atom stereocenters. The normalized spacial score (nSPS) is 15.5. The molecule has 1 aromatic carbocycles. The summed E-state index contributed by atoms with van der Waals surface area (Å²) in [5.74, 6) is 0. The van der Waals surface area contributed by atoms with Crippen LogP contribution in [0.15, 0.2) is 18.2 Å². The standard InChI is InChI=1S/C11H13ClF3NO2/c1-16-5-9(17)10(18)6-2-3-8(12)7(4-6)11(13,14)15/h2-4,9-10,16-18H,5H2,1H3. The van der Waals surface area contributed by atoms with E-state index < -0.39 is 29.0 Å². The predicted octanol–water partition coefficient (Wildman–Crippen LogP) is 1.97. The van der Waals surface area contributed by atoms with E-state index in [-0.39, 0.29) is 12.1 Å². The number of alkyl halides is 3. The van der Waals surface area contributed by atoms with Crippen molar-refractivity contribution in [2.24, 2.45) is 0 Å². The molecular formula is C11H13ClF3NO2. The van der Waals surface area contributed by atoms with Crippen molar-refractivity contribution >= 4 is 11.6 Å². The third-order valence-electron chi connectivity index (χ3n) is 2.42. The Bertz CT molecular complexity index is 412. The summed E-state index contributed by atoms with van der Waals surface area (Å²) >= 11 is 5.45. The lowest BCUT2D eigenvalue weighted by molar-refractivity contribution is -0.137. The van der Waals surface area contributed by atoms with E-state index in [4.69, 9.17) is 11.6 Å². The first-order chi connectivity index (χ1) is 8.27. The zero-order valence-electron chi connectivity index (χ0n) is 9.50. The molecule has 0 fully saturated rings. The summed E-state index contributed by atoms with van der Waals surface area (Å²) in [7, 11) is 1.55. The SMILES string of the molecule is CNCC(O)C(O)c1ccc(Cl)c(C(F)(F)F)c1. The van der Waals surface area contributed by atoms with Gasteiger partial charge in [-0.05, 0) is 24.7 Å². The monoisotopic (exact) mass is 283 g/mol. The molecule has 3 nitrogen and oxygen atoms in total. The van der Waals surface area contributed by atoms with Crippen molar-refractivity contribution in [1.29, 1.82) is 0 Å². The number of halogens is 4. The van der Waals surface area contributed by atoms with Gasteiger partial charge in [-0.3, -0.25) is 0 Å². The fourth-order valence-corrected chi connectivity index (χ4v) is 1.71. The van der Waals surface area contributed by atoms with Gasteiger partial charge in [0.15, 0.2) is 0 Å². The third kappa shape index (κ3) is 3.58. The molecule has 0 aromatic heterocycles. The van der Waals surface area contributed by atoms with Gasteiger partial charge in [0.2, 0.25) is 0 Å². The van der Waals surface area contributed by atoms with Gasteiger partial charge in [-0.2, -0.15) is 13.2 Å². The van der Waals surface area contributed by atoms with Gasteiger partial charge >= 0.3 is 6.18 Å². The topological polar surface area (TPSA) is 52.5 Å². The zero-order chi connectivity index (χ0) is 13.9. The van der Waals surface area contributed by atoms with E-state index in [1.165, 1.54) is 6.07 Å². The Morgan fingerprint density at radius 2 is 1.94 bits per heavy atom. The van der Waals surface area contributed by atoms with Gasteiger partial charge in [0.05, 0.1) is 16.7 Å². The van der Waals surface area contributed by atoms with Crippen LogP contribution < -0.4 is 5.32 Å². The van der Waals surface area contributed by atoms with E-state index in [0.717, 1.165) is 12.1 Å². The lowest BCUT2D eigenvalue weighted by Crippen LogP contribution is -2.29. The van der Waals surface area contributed by atoms with E-state index in [0.29, 0.717) is 0 Å². The van der Waals surface area contributed by atoms with E-state index in [9.17, 15) is 23.4 Å². The lowest BCUT2D eigenvalue weighted by Gasteiger charge is -2.19. The van der Waals surface area contributed by atoms with Crippen molar-refractivity contribution in [1.82, 2.24) is 5.32 Å². The van der Waals surface area contributed by atoms with Crippen LogP contribution >= 0.6 is 11.6 Å². The van der Waals surface area contributed by atoms with Gasteiger partial charge in [0.1, 0.15) is 6.10 Å². The summed E-state index contributed by atoms with van der Waals surface area (Å²) in [5, 5.41) is 21.4. The molecule has 102 valence electrons. The van der Waals surface area contributed by atoms with Gasteiger partial charge in [0, 0.05) is 6.54 Å². The average molecular weight is 284 g/mol. The van der Waals surface area contributed by atoms with E-state index in [1.54, 1.807) is 7.05 Å². The fraction of sp³-hybridized carbons (Fsp3) is 0.455. The first-order valence-corrected chi connectivity index (χ1v) is 5.52. The maximum absolute atomic E-state index is 12.6. The first kappa shape index (κ1) is 15.2. The van der Waals surface area contributed by atoms with Gasteiger partial charge in [0.25, 0.3) is 0 Å². The highest BCUT2D eigenvalue weighted by atomic mass is 35.5. The highest BCUT2D eigenvalue weighted by molar-refractivity contribution is 6.31. The molecule has 0 aliphatic carbocycles. The third-order valence-corrected chi connectivity index (χ3v) is 2.74. The molecule has 2 unspecified atom stereocenters. The smallest absolute Gasteiger partial charge is 0.389 e. The molecule has 7 heteroatoms. The quantitative estimate of drug-likeness (QED) is 0.792. The Hall–Kier alpha value is -0.820. The summed E-state index contributed by atoms with van der Waals surface area (Å²) in [6.45, 7) is 0.0607. The molecule has 0 heterocycles. The van der Waals surface area contributed by atoms with Crippen LogP contribution in [-0.2, 0) is 6.18 Å². The number of likely N-dealkylation sites (N-methyl/N-ethyl adjacent to an activating group) is 1. The molecule has 0 radical (unpaired) electrons. The number of benzene rings is 1. The average Bonchev–Trinajstić information content (AvgIpc) is 2.27. The molecule has 18 heavy (non-hydrogen) atoms. The summed E-state index contributed by atoms with van der Waals surface area (Å²) in [4.78, 5) is 0. The minimum atomic E-state index is -4.60. The van der Waals surface area contributed by atoms with Crippen molar-refractivity contribution in [2.45, 2.75) is 18.4 Å². The van der Waals surface area contributed by atoms with Crippen molar-refractivity contribution in [3.63, 3.8) is 0 Å². The molecular weight excluding hydrogens is 271 g/mol. The van der Waals surface area contributed by atoms with Crippen molar-refractivity contribution in [3.05, 3.63) is 34.3 Å². The largest absolute Gasteiger partial charge is 0.417 e. The number of rotatable bonds is 4. The van der Waals surface area contributed by atoms with Crippen LogP contribution in [0.25, 0.3) is 0 Å². The maximum atomic E-state index is 12.6. The number of aliphatic hydroxyl groups excluding tert-OH is 2. The summed E-state index contributed by atoms with van der Waals surface area (Å²) in [6, 6.07) is 3.04. The second kappa shape index (κ2) is 5.88. The molecule has 0 bridgehead atoms. The van der Waals surface area contributed by atoms with Crippen LogP contribution in [0.4, 0.5) is 13.2 Å². The van der Waals surface area contributed by atoms with Gasteiger partial charge in [-0.1, -0.05) is 17.7 Å². The number of nitrogens with one attached hydrogen (secondary N) is 1. The van der Waals surface area contributed by atoms with E-state index in [1.807, 2.05) is 0 Å². The molecule has 3 N–H and O–H groups in total. The number of hydrogen-bond acceptors (Lipinski definition) is 3. The highest BCUT2D eigenvalue weighted by Crippen LogP contribution is 2.36. The van der Waals surface area contributed by atoms with Crippen LogP contribution in [0.2, 0.25) is 5.02 Å². The minimum absolute atomic E-state index is 0.0329. The summed E-state index contributed by atoms with van der Waals surface area (Å²) in [6.07, 6.45) is -7.20. The van der Waals surface area contributed by atoms with Crippen LogP contribution in [-0.4, -0.2) is 29.9 Å². The molecule has 0 saturated heterocycles. The molecule has 1 rings (SSSR count). The molecule has 1 aromatic rings. The fourth-order valence-electron chi connectivity index (χ4n) is 1.49. The Kier molecular flexibility index (Phi) is 4.98. The van der Waals surface area contributed by atoms with E-state index in [2.05, 4.69) is 5.32 Å². The second-order valence-corrected chi connectivity index (χ2v) is 4.21. The van der Waals surface area contributed by atoms with Crippen LogP contribution in [0.5, 0.6) is 0 Å². The number of hydrogen-bond donors (Lipinski definition) is 3. The van der Waals surface area contributed by atoms with Crippen molar-refractivity contribution in [3.8, 4) is 0 Å². The molecule has 0 saturated carbocycles. The van der Waals surface area contributed by atoms with Crippen molar-refractivity contribution < 1.29 is 23.4 Å². The predicted molar refractivity (Wildman–Crippen MR) is 61.3 cm³/mol. The Labute approximate surface area is 107 Å². The second-order valence-electron chi connectivity index (χ2n) is 3.81. The molecule has 0 aliphatic rings. The minimum Gasteiger partial charge on any atom is -0.389 e. The van der Waals surface area contributed by atoms with Gasteiger partial charge < -0.3 is 15.5 Å². The Morgan fingerprint density at radius 3 is 2.44 bits per heavy atom. The molecule has 0 spiro atoms. The first-order valence-electron chi connectivity index (χ1n) is 5.14. The van der Waals surface area contributed by atoms with Crippen LogP contribution in [0.3, 0.4) is 0 Å². The van der Waals surface area contributed by atoms with Gasteiger partial charge in [-0.25, -0.2) is 0 Å². The molecule has 0 aliphatic heterocycles. The molecule has 0 amide bonds. The van der Waals surface area contributed by atoms with Crippen molar-refractivity contribution in [2.75, 3.05) is 13.6 Å².